The maximum atomic E-state index is 11.4. The molecule has 0 aromatic rings. The third-order valence-electron chi connectivity index (χ3n) is 2.53. The predicted octanol–water partition coefficient (Wildman–Crippen LogP) is 1.56. The average Bonchev–Trinajstić information content (AvgIpc) is 2.22. The Bertz CT molecular complexity index is 245. The lowest BCUT2D eigenvalue weighted by Gasteiger charge is -2.26. The van der Waals surface area contributed by atoms with Crippen molar-refractivity contribution in [3.05, 3.63) is 0 Å². The fraction of sp³-hybridized carbons (Fsp3) is 0.846. The molecule has 0 unspecified atom stereocenters. The Morgan fingerprint density at radius 2 is 1.18 bits per heavy atom. The molecule has 2 N–H and O–H groups in total. The van der Waals surface area contributed by atoms with Crippen LogP contribution in [0.1, 0.15) is 41.5 Å². The number of hydrogen-bond acceptors (Lipinski definition) is 2. The molecule has 0 fully saturated rings. The Hall–Kier alpha value is -1.06. The molecular formula is C13H26N2O2. The van der Waals surface area contributed by atoms with E-state index in [4.69, 9.17) is 0 Å². The van der Waals surface area contributed by atoms with Crippen LogP contribution in [-0.4, -0.2) is 24.9 Å². The molecule has 0 saturated carbocycles. The highest BCUT2D eigenvalue weighted by molar-refractivity contribution is 5.78. The van der Waals surface area contributed by atoms with E-state index < -0.39 is 0 Å². The Balaban J connectivity index is 4.04. The first-order chi connectivity index (χ1) is 7.65. The highest BCUT2D eigenvalue weighted by Gasteiger charge is 2.21. The van der Waals surface area contributed by atoms with Gasteiger partial charge in [0.05, 0.1) is 0 Å². The van der Waals surface area contributed by atoms with Gasteiger partial charge in [0.15, 0.2) is 0 Å². The number of nitrogens with one attached hydrogen (secondary N) is 2. The van der Waals surface area contributed by atoms with E-state index in [9.17, 15) is 9.59 Å². The molecule has 17 heavy (non-hydrogen) atoms. The summed E-state index contributed by atoms with van der Waals surface area (Å²) in [6.07, 6.45) is 0. The van der Waals surface area contributed by atoms with Crippen molar-refractivity contribution in [3.63, 3.8) is 0 Å². The number of rotatable bonds is 6. The highest BCUT2D eigenvalue weighted by atomic mass is 16.2. The van der Waals surface area contributed by atoms with Gasteiger partial charge in [-0.1, -0.05) is 41.5 Å². The summed E-state index contributed by atoms with van der Waals surface area (Å²) in [6.45, 7) is 12.6. The van der Waals surface area contributed by atoms with Gasteiger partial charge in [-0.25, -0.2) is 0 Å². The molecule has 0 aromatic heterocycles. The van der Waals surface area contributed by atoms with Gasteiger partial charge in [0, 0.05) is 24.9 Å². The zero-order valence-corrected chi connectivity index (χ0v) is 11.9. The summed E-state index contributed by atoms with van der Waals surface area (Å²) in [6, 6.07) is 0. The molecular weight excluding hydrogens is 216 g/mol. The van der Waals surface area contributed by atoms with E-state index in [2.05, 4.69) is 10.6 Å². The lowest BCUT2D eigenvalue weighted by molar-refractivity contribution is -0.124. The number of hydrogen-bond donors (Lipinski definition) is 2. The summed E-state index contributed by atoms with van der Waals surface area (Å²) in [4.78, 5) is 22.9. The molecule has 4 nitrogen and oxygen atoms in total. The molecule has 0 saturated heterocycles. The maximum Gasteiger partial charge on any atom is 0.222 e. The minimum absolute atomic E-state index is 0.00365. The van der Waals surface area contributed by atoms with Gasteiger partial charge in [0.1, 0.15) is 0 Å². The van der Waals surface area contributed by atoms with Gasteiger partial charge >= 0.3 is 0 Å². The van der Waals surface area contributed by atoms with E-state index >= 15 is 0 Å². The SMILES string of the molecule is CC(C)C(=O)NCC(C)(C)CNC(=O)C(C)C. The molecule has 0 rings (SSSR count). The van der Waals surface area contributed by atoms with Crippen molar-refractivity contribution in [1.82, 2.24) is 10.6 Å². The van der Waals surface area contributed by atoms with E-state index in [1.54, 1.807) is 0 Å². The first-order valence-corrected chi connectivity index (χ1v) is 6.21. The molecule has 0 heterocycles. The van der Waals surface area contributed by atoms with Gasteiger partial charge in [-0.05, 0) is 5.41 Å². The van der Waals surface area contributed by atoms with Crippen molar-refractivity contribution >= 4 is 11.8 Å². The summed E-state index contributed by atoms with van der Waals surface area (Å²) in [5.41, 5.74) is -0.130. The Labute approximate surface area is 105 Å². The lowest BCUT2D eigenvalue weighted by atomic mass is 9.93. The smallest absolute Gasteiger partial charge is 0.222 e. The van der Waals surface area contributed by atoms with Crippen LogP contribution in [0.15, 0.2) is 0 Å². The van der Waals surface area contributed by atoms with Crippen LogP contribution in [0.5, 0.6) is 0 Å². The fourth-order valence-corrected chi connectivity index (χ4v) is 1.12. The van der Waals surface area contributed by atoms with Crippen molar-refractivity contribution in [2.45, 2.75) is 41.5 Å². The van der Waals surface area contributed by atoms with Crippen LogP contribution >= 0.6 is 0 Å². The third kappa shape index (κ3) is 6.97. The van der Waals surface area contributed by atoms with E-state index in [-0.39, 0.29) is 29.1 Å². The van der Waals surface area contributed by atoms with Crippen LogP contribution in [0.2, 0.25) is 0 Å². The van der Waals surface area contributed by atoms with Gasteiger partial charge in [-0.15, -0.1) is 0 Å². The van der Waals surface area contributed by atoms with Crippen LogP contribution in [0.25, 0.3) is 0 Å². The Kier molecular flexibility index (Phi) is 6.21. The van der Waals surface area contributed by atoms with Gasteiger partial charge in [-0.2, -0.15) is 0 Å². The van der Waals surface area contributed by atoms with E-state index in [1.807, 2.05) is 41.5 Å². The quantitative estimate of drug-likeness (QED) is 0.742. The molecule has 0 aliphatic heterocycles. The van der Waals surface area contributed by atoms with Crippen molar-refractivity contribution in [2.75, 3.05) is 13.1 Å². The number of carbonyl (C=O) groups excluding carboxylic acids is 2. The van der Waals surface area contributed by atoms with Gasteiger partial charge in [-0.3, -0.25) is 9.59 Å². The molecule has 0 aliphatic carbocycles. The zero-order chi connectivity index (χ0) is 13.6. The van der Waals surface area contributed by atoms with E-state index in [0.29, 0.717) is 13.1 Å². The highest BCUT2D eigenvalue weighted by Crippen LogP contribution is 2.12. The van der Waals surface area contributed by atoms with Crippen molar-refractivity contribution in [2.24, 2.45) is 17.3 Å². The summed E-state index contributed by atoms with van der Waals surface area (Å²) < 4.78 is 0. The summed E-state index contributed by atoms with van der Waals surface area (Å²) >= 11 is 0. The zero-order valence-electron chi connectivity index (χ0n) is 11.9. The molecule has 0 aliphatic rings. The second-order valence-electron chi connectivity index (χ2n) is 5.91. The standard InChI is InChI=1S/C13H26N2O2/c1-9(2)11(16)14-7-13(5,6)8-15-12(17)10(3)4/h9-10H,7-8H2,1-6H3,(H,14,16)(H,15,17). The minimum Gasteiger partial charge on any atom is -0.355 e. The Morgan fingerprint density at radius 3 is 1.41 bits per heavy atom. The van der Waals surface area contributed by atoms with Crippen molar-refractivity contribution in [1.29, 1.82) is 0 Å². The van der Waals surface area contributed by atoms with Crippen LogP contribution < -0.4 is 10.6 Å². The Morgan fingerprint density at radius 1 is 0.882 bits per heavy atom. The first kappa shape index (κ1) is 15.9. The fourth-order valence-electron chi connectivity index (χ4n) is 1.12. The number of carbonyl (C=O) groups is 2. The van der Waals surface area contributed by atoms with E-state index in [0.717, 1.165) is 0 Å². The average molecular weight is 242 g/mol. The van der Waals surface area contributed by atoms with Gasteiger partial charge < -0.3 is 10.6 Å². The predicted molar refractivity (Wildman–Crippen MR) is 69.5 cm³/mol. The van der Waals surface area contributed by atoms with Crippen molar-refractivity contribution in [3.8, 4) is 0 Å². The normalized spacial score (nSPS) is 11.8. The summed E-state index contributed by atoms with van der Waals surface area (Å²) in [5, 5.41) is 5.77. The van der Waals surface area contributed by atoms with Crippen LogP contribution in [0.4, 0.5) is 0 Å². The first-order valence-electron chi connectivity index (χ1n) is 6.21. The van der Waals surface area contributed by atoms with Gasteiger partial charge in [0.2, 0.25) is 11.8 Å². The second kappa shape index (κ2) is 6.62. The number of amides is 2. The monoisotopic (exact) mass is 242 g/mol. The van der Waals surface area contributed by atoms with Crippen LogP contribution in [-0.2, 0) is 9.59 Å². The van der Waals surface area contributed by atoms with Crippen LogP contribution in [0, 0.1) is 17.3 Å². The van der Waals surface area contributed by atoms with Crippen LogP contribution in [0.3, 0.4) is 0 Å². The molecule has 0 spiro atoms. The maximum absolute atomic E-state index is 11.4. The topological polar surface area (TPSA) is 58.2 Å². The van der Waals surface area contributed by atoms with E-state index in [1.165, 1.54) is 0 Å². The van der Waals surface area contributed by atoms with Gasteiger partial charge in [0.25, 0.3) is 0 Å². The minimum atomic E-state index is -0.130. The molecule has 0 aromatic carbocycles. The largest absolute Gasteiger partial charge is 0.355 e. The second-order valence-corrected chi connectivity index (χ2v) is 5.91. The van der Waals surface area contributed by atoms with Crippen molar-refractivity contribution < 1.29 is 9.59 Å². The molecule has 100 valence electrons. The summed E-state index contributed by atoms with van der Waals surface area (Å²) in [5.74, 6) is 0.0913. The molecule has 0 atom stereocenters. The molecule has 2 amide bonds. The lowest BCUT2D eigenvalue weighted by Crippen LogP contribution is -2.43. The third-order valence-corrected chi connectivity index (χ3v) is 2.53. The molecule has 0 radical (unpaired) electrons. The molecule has 4 heteroatoms. The summed E-state index contributed by atoms with van der Waals surface area (Å²) in [7, 11) is 0. The molecule has 0 bridgehead atoms.